The Labute approximate surface area is 163 Å². The predicted octanol–water partition coefficient (Wildman–Crippen LogP) is 2.74. The molecule has 1 amide bonds. The lowest BCUT2D eigenvalue weighted by Gasteiger charge is -2.06. The molecule has 0 radical (unpaired) electrons. The van der Waals surface area contributed by atoms with Gasteiger partial charge in [-0.2, -0.15) is 0 Å². The van der Waals surface area contributed by atoms with Gasteiger partial charge in [-0.15, -0.1) is 10.2 Å². The fraction of sp³-hybridized carbons (Fsp3) is 0.0588. The Balaban J connectivity index is 1.63. The van der Waals surface area contributed by atoms with E-state index in [2.05, 4.69) is 15.5 Å². The smallest absolute Gasteiger partial charge is 0.335 e. The second-order valence-corrected chi connectivity index (χ2v) is 6.78. The quantitative estimate of drug-likeness (QED) is 0.427. The van der Waals surface area contributed by atoms with Gasteiger partial charge in [-0.25, -0.2) is 9.47 Å². The Bertz CT molecular complexity index is 990. The largest absolute Gasteiger partial charge is 0.478 e. The summed E-state index contributed by atoms with van der Waals surface area (Å²) < 4.78 is 1.30. The molecular weight excluding hydrogens is 390 g/mol. The maximum Gasteiger partial charge on any atom is 0.335 e. The number of nitrogens with one attached hydrogen (secondary N) is 1. The molecule has 0 unspecified atom stereocenters. The van der Waals surface area contributed by atoms with E-state index in [1.165, 1.54) is 16.8 Å². The molecule has 0 saturated carbocycles. The van der Waals surface area contributed by atoms with Gasteiger partial charge in [0.2, 0.25) is 11.1 Å². The van der Waals surface area contributed by atoms with Crippen LogP contribution in [0.4, 0.5) is 5.69 Å². The molecule has 0 atom stereocenters. The predicted molar refractivity (Wildman–Crippen MR) is 103 cm³/mol. The molecule has 0 spiro atoms. The van der Waals surface area contributed by atoms with Crippen molar-refractivity contribution >= 4 is 40.9 Å². The van der Waals surface area contributed by atoms with Gasteiger partial charge in [0.15, 0.2) is 5.82 Å². The number of anilines is 1. The lowest BCUT2D eigenvalue weighted by atomic mass is 10.2. The van der Waals surface area contributed by atoms with E-state index in [1.54, 1.807) is 36.4 Å². The lowest BCUT2D eigenvalue weighted by Crippen LogP contribution is -2.16. The van der Waals surface area contributed by atoms with Crippen LogP contribution in [-0.2, 0) is 4.79 Å². The number of carbonyl (C=O) groups is 2. The maximum atomic E-state index is 12.1. The van der Waals surface area contributed by atoms with E-state index in [-0.39, 0.29) is 17.2 Å². The Morgan fingerprint density at radius 3 is 2.63 bits per heavy atom. The van der Waals surface area contributed by atoms with Crippen LogP contribution in [0.3, 0.4) is 0 Å². The first kappa shape index (κ1) is 18.7. The number of aromatic nitrogens is 3. The minimum atomic E-state index is -1.06. The Kier molecular flexibility index (Phi) is 5.63. The number of carbonyl (C=O) groups excluding carboxylic acids is 1. The number of halogens is 1. The summed E-state index contributed by atoms with van der Waals surface area (Å²) in [6, 6.07) is 13.0. The van der Waals surface area contributed by atoms with Crippen molar-refractivity contribution in [2.45, 2.75) is 5.16 Å². The average molecular weight is 404 g/mol. The van der Waals surface area contributed by atoms with Gasteiger partial charge in [-0.3, -0.25) is 4.79 Å². The zero-order valence-corrected chi connectivity index (χ0v) is 15.4. The van der Waals surface area contributed by atoms with E-state index in [0.717, 1.165) is 17.3 Å². The Hall–Kier alpha value is -3.04. The van der Waals surface area contributed by atoms with Crippen LogP contribution < -0.4 is 11.2 Å². The van der Waals surface area contributed by atoms with Crippen molar-refractivity contribution in [2.75, 3.05) is 16.9 Å². The number of benzene rings is 2. The highest BCUT2D eigenvalue weighted by atomic mass is 35.5. The molecule has 3 rings (SSSR count). The molecule has 0 aliphatic carbocycles. The zero-order chi connectivity index (χ0) is 19.4. The topological polar surface area (TPSA) is 123 Å². The number of rotatable bonds is 6. The summed E-state index contributed by atoms with van der Waals surface area (Å²) in [5.74, 6) is 5.10. The van der Waals surface area contributed by atoms with Crippen LogP contribution in [0.25, 0.3) is 11.4 Å². The summed E-state index contributed by atoms with van der Waals surface area (Å²) in [5, 5.41) is 20.6. The number of carboxylic acid groups (broad SMARTS) is 1. The third-order valence-corrected chi connectivity index (χ3v) is 4.69. The fourth-order valence-electron chi connectivity index (χ4n) is 2.23. The summed E-state index contributed by atoms with van der Waals surface area (Å²) in [7, 11) is 0. The van der Waals surface area contributed by atoms with Crippen LogP contribution in [0.15, 0.2) is 53.7 Å². The normalized spacial score (nSPS) is 10.6. The maximum absolute atomic E-state index is 12.1. The second kappa shape index (κ2) is 8.11. The molecule has 0 saturated heterocycles. The van der Waals surface area contributed by atoms with E-state index in [4.69, 9.17) is 22.6 Å². The minimum absolute atomic E-state index is 0.0350. The molecule has 2 aromatic carbocycles. The molecule has 1 heterocycles. The number of thioether (sulfide) groups is 1. The molecule has 138 valence electrons. The summed E-state index contributed by atoms with van der Waals surface area (Å²) in [6.45, 7) is 0. The van der Waals surface area contributed by atoms with Gasteiger partial charge >= 0.3 is 5.97 Å². The first-order valence-corrected chi connectivity index (χ1v) is 9.03. The molecule has 0 aliphatic rings. The zero-order valence-electron chi connectivity index (χ0n) is 13.8. The van der Waals surface area contributed by atoms with Crippen LogP contribution >= 0.6 is 23.4 Å². The van der Waals surface area contributed by atoms with E-state index in [1.807, 2.05) is 0 Å². The molecule has 4 N–H and O–H groups in total. The number of carboxylic acids is 1. The van der Waals surface area contributed by atoms with Gasteiger partial charge in [0.05, 0.1) is 11.3 Å². The monoisotopic (exact) mass is 403 g/mol. The summed E-state index contributed by atoms with van der Waals surface area (Å²) in [4.78, 5) is 23.1. The van der Waals surface area contributed by atoms with E-state index >= 15 is 0 Å². The van der Waals surface area contributed by atoms with Crippen molar-refractivity contribution in [3.05, 3.63) is 59.1 Å². The summed E-state index contributed by atoms with van der Waals surface area (Å²) >= 11 is 6.98. The van der Waals surface area contributed by atoms with Crippen LogP contribution in [0.5, 0.6) is 0 Å². The van der Waals surface area contributed by atoms with Crippen molar-refractivity contribution in [1.82, 2.24) is 14.9 Å². The summed E-state index contributed by atoms with van der Waals surface area (Å²) in [6.07, 6.45) is 0. The Morgan fingerprint density at radius 1 is 1.19 bits per heavy atom. The highest BCUT2D eigenvalue weighted by Gasteiger charge is 2.14. The van der Waals surface area contributed by atoms with Gasteiger partial charge in [0, 0.05) is 16.3 Å². The number of aromatic carboxylic acids is 1. The molecule has 0 fully saturated rings. The highest BCUT2D eigenvalue weighted by Crippen LogP contribution is 2.23. The third kappa shape index (κ3) is 4.57. The third-order valence-electron chi connectivity index (χ3n) is 3.49. The minimum Gasteiger partial charge on any atom is -0.478 e. The van der Waals surface area contributed by atoms with Crippen molar-refractivity contribution in [3.8, 4) is 11.4 Å². The molecular formula is C17H14ClN5O3S. The fourth-order valence-corrected chi connectivity index (χ4v) is 3.01. The molecule has 27 heavy (non-hydrogen) atoms. The molecule has 3 aromatic rings. The van der Waals surface area contributed by atoms with Crippen molar-refractivity contribution < 1.29 is 14.7 Å². The van der Waals surface area contributed by atoms with Crippen LogP contribution in [0, 0.1) is 0 Å². The Morgan fingerprint density at radius 2 is 1.93 bits per heavy atom. The number of hydrogen-bond donors (Lipinski definition) is 3. The molecule has 1 aromatic heterocycles. The van der Waals surface area contributed by atoms with Gasteiger partial charge in [-0.05, 0) is 42.5 Å². The second-order valence-electron chi connectivity index (χ2n) is 5.41. The van der Waals surface area contributed by atoms with Gasteiger partial charge in [-0.1, -0.05) is 29.4 Å². The SMILES string of the molecule is Nn1c(SCC(=O)Nc2cccc(C(=O)O)c2)nnc1-c1ccc(Cl)cc1. The van der Waals surface area contributed by atoms with Gasteiger partial charge in [0.25, 0.3) is 0 Å². The van der Waals surface area contributed by atoms with Crippen LogP contribution in [-0.4, -0.2) is 37.6 Å². The van der Waals surface area contributed by atoms with Gasteiger partial charge < -0.3 is 16.3 Å². The number of amides is 1. The standard InChI is InChI=1S/C17H14ClN5O3S/c18-12-6-4-10(5-7-12)15-21-22-17(23(15)19)27-9-14(24)20-13-3-1-2-11(8-13)16(25)26/h1-8H,9,19H2,(H,20,24)(H,25,26). The van der Waals surface area contributed by atoms with Crippen molar-refractivity contribution in [2.24, 2.45) is 0 Å². The first-order chi connectivity index (χ1) is 12.9. The number of nitrogens with two attached hydrogens (primary N) is 1. The first-order valence-electron chi connectivity index (χ1n) is 7.66. The van der Waals surface area contributed by atoms with Crippen molar-refractivity contribution in [1.29, 1.82) is 0 Å². The highest BCUT2D eigenvalue weighted by molar-refractivity contribution is 7.99. The van der Waals surface area contributed by atoms with E-state index < -0.39 is 5.97 Å². The lowest BCUT2D eigenvalue weighted by molar-refractivity contribution is -0.113. The molecule has 0 bridgehead atoms. The van der Waals surface area contributed by atoms with Gasteiger partial charge in [0.1, 0.15) is 0 Å². The number of nitrogen functional groups attached to an aromatic ring is 1. The number of nitrogens with zero attached hydrogens (tertiary/aromatic N) is 3. The van der Waals surface area contributed by atoms with E-state index in [0.29, 0.717) is 21.7 Å². The molecule has 8 nitrogen and oxygen atoms in total. The number of hydrogen-bond acceptors (Lipinski definition) is 6. The molecule has 0 aliphatic heterocycles. The molecule has 10 heteroatoms. The average Bonchev–Trinajstić information content (AvgIpc) is 3.01. The van der Waals surface area contributed by atoms with E-state index in [9.17, 15) is 9.59 Å². The van der Waals surface area contributed by atoms with Crippen molar-refractivity contribution in [3.63, 3.8) is 0 Å². The summed E-state index contributed by atoms with van der Waals surface area (Å²) in [5.41, 5.74) is 1.24. The van der Waals surface area contributed by atoms with Crippen LogP contribution in [0.1, 0.15) is 10.4 Å². The van der Waals surface area contributed by atoms with Crippen LogP contribution in [0.2, 0.25) is 5.02 Å².